The molecule has 8 nitrogen and oxygen atoms in total. The lowest BCUT2D eigenvalue weighted by Gasteiger charge is -2.12. The lowest BCUT2D eigenvalue weighted by Crippen LogP contribution is -2.23. The van der Waals surface area contributed by atoms with Gasteiger partial charge in [-0.25, -0.2) is 4.68 Å². The minimum Gasteiger partial charge on any atom is -0.497 e. The molecule has 0 unspecified atom stereocenters. The molecule has 0 radical (unpaired) electrons. The van der Waals surface area contributed by atoms with E-state index in [0.717, 1.165) is 5.56 Å². The number of ether oxygens (including phenoxy) is 2. The second kappa shape index (κ2) is 7.43. The summed E-state index contributed by atoms with van der Waals surface area (Å²) in [5, 5.41) is 13.9. The van der Waals surface area contributed by atoms with Crippen molar-refractivity contribution in [3.8, 4) is 17.2 Å². The first-order valence-corrected chi connectivity index (χ1v) is 7.54. The van der Waals surface area contributed by atoms with Crippen LogP contribution in [-0.4, -0.2) is 40.3 Å². The highest BCUT2D eigenvalue weighted by Crippen LogP contribution is 2.23. The van der Waals surface area contributed by atoms with Crippen LogP contribution in [0.1, 0.15) is 15.9 Å². The lowest BCUT2D eigenvalue weighted by atomic mass is 10.1. The van der Waals surface area contributed by atoms with Crippen LogP contribution in [0.3, 0.4) is 0 Å². The number of rotatable bonds is 6. The number of nitrogens with zero attached hydrogens (tertiary/aromatic N) is 4. The Bertz CT molecular complexity index is 864. The molecule has 3 aromatic rings. The van der Waals surface area contributed by atoms with Crippen molar-refractivity contribution in [1.82, 2.24) is 25.5 Å². The molecule has 1 amide bonds. The Labute approximate surface area is 144 Å². The number of hydrogen-bond acceptors (Lipinski definition) is 6. The maximum absolute atomic E-state index is 12.4. The molecule has 2 aromatic carbocycles. The highest BCUT2D eigenvalue weighted by Gasteiger charge is 2.10. The van der Waals surface area contributed by atoms with Crippen LogP contribution in [-0.2, 0) is 6.54 Å². The number of amides is 1. The quantitative estimate of drug-likeness (QED) is 0.734. The van der Waals surface area contributed by atoms with Crippen molar-refractivity contribution in [3.05, 3.63) is 59.9 Å². The Hall–Kier alpha value is -3.42. The van der Waals surface area contributed by atoms with Crippen molar-refractivity contribution in [2.75, 3.05) is 14.2 Å². The van der Waals surface area contributed by atoms with Crippen LogP contribution in [0, 0.1) is 0 Å². The Balaban J connectivity index is 1.74. The van der Waals surface area contributed by atoms with Crippen LogP contribution in [0.2, 0.25) is 0 Å². The molecule has 0 fully saturated rings. The SMILES string of the molecule is COc1ccc(OC)c(CNC(=O)c2cccc(-n3cnnn3)c2)c1. The molecule has 0 aliphatic rings. The number of carbonyl (C=O) groups excluding carboxylic acids is 1. The zero-order valence-electron chi connectivity index (χ0n) is 13.8. The minimum absolute atomic E-state index is 0.209. The highest BCUT2D eigenvalue weighted by atomic mass is 16.5. The number of aromatic nitrogens is 4. The summed E-state index contributed by atoms with van der Waals surface area (Å²) >= 11 is 0. The van der Waals surface area contributed by atoms with Crippen LogP contribution in [0.5, 0.6) is 11.5 Å². The summed E-state index contributed by atoms with van der Waals surface area (Å²) in [5.74, 6) is 1.18. The van der Waals surface area contributed by atoms with Crippen molar-refractivity contribution in [3.63, 3.8) is 0 Å². The maximum atomic E-state index is 12.4. The van der Waals surface area contributed by atoms with Crippen molar-refractivity contribution in [1.29, 1.82) is 0 Å². The normalized spacial score (nSPS) is 10.3. The number of hydrogen-bond donors (Lipinski definition) is 1. The van der Waals surface area contributed by atoms with Gasteiger partial charge in [0.25, 0.3) is 5.91 Å². The van der Waals surface area contributed by atoms with Gasteiger partial charge < -0.3 is 14.8 Å². The third-order valence-electron chi connectivity index (χ3n) is 3.65. The van der Waals surface area contributed by atoms with Gasteiger partial charge in [-0.1, -0.05) is 6.07 Å². The van der Waals surface area contributed by atoms with E-state index in [2.05, 4.69) is 20.8 Å². The van der Waals surface area contributed by atoms with Gasteiger partial charge in [0, 0.05) is 17.7 Å². The van der Waals surface area contributed by atoms with Crippen molar-refractivity contribution in [2.24, 2.45) is 0 Å². The van der Waals surface area contributed by atoms with Crippen molar-refractivity contribution in [2.45, 2.75) is 6.54 Å². The van der Waals surface area contributed by atoms with Crippen molar-refractivity contribution < 1.29 is 14.3 Å². The topological polar surface area (TPSA) is 91.2 Å². The van der Waals surface area contributed by atoms with Gasteiger partial charge in [0.1, 0.15) is 17.8 Å². The molecular formula is C17H17N5O3. The van der Waals surface area contributed by atoms with E-state index in [1.54, 1.807) is 44.6 Å². The maximum Gasteiger partial charge on any atom is 0.251 e. The average molecular weight is 339 g/mol. The van der Waals surface area contributed by atoms with Gasteiger partial charge in [0.15, 0.2) is 0 Å². The number of methoxy groups -OCH3 is 2. The number of carbonyl (C=O) groups is 1. The molecule has 8 heteroatoms. The molecule has 25 heavy (non-hydrogen) atoms. The van der Waals surface area contributed by atoms with Crippen molar-refractivity contribution >= 4 is 5.91 Å². The molecule has 3 rings (SSSR count). The average Bonchev–Trinajstić information content (AvgIpc) is 3.20. The van der Waals surface area contributed by atoms with Gasteiger partial charge in [-0.3, -0.25) is 4.79 Å². The van der Waals surface area contributed by atoms with E-state index >= 15 is 0 Å². The largest absolute Gasteiger partial charge is 0.497 e. The minimum atomic E-state index is -0.209. The Kier molecular flexibility index (Phi) is 4.89. The summed E-state index contributed by atoms with van der Waals surface area (Å²) in [6.45, 7) is 0.314. The molecule has 1 aromatic heterocycles. The van der Waals surface area contributed by atoms with E-state index in [1.165, 1.54) is 11.0 Å². The Morgan fingerprint density at radius 1 is 1.16 bits per heavy atom. The van der Waals surface area contributed by atoms with E-state index in [9.17, 15) is 4.79 Å². The second-order valence-electron chi connectivity index (χ2n) is 5.17. The van der Waals surface area contributed by atoms with Crippen LogP contribution in [0.25, 0.3) is 5.69 Å². The fourth-order valence-electron chi connectivity index (χ4n) is 2.37. The van der Waals surface area contributed by atoms with Gasteiger partial charge in [-0.2, -0.15) is 0 Å². The van der Waals surface area contributed by atoms with E-state index in [4.69, 9.17) is 9.47 Å². The van der Waals surface area contributed by atoms with Gasteiger partial charge in [-0.05, 0) is 46.8 Å². The molecule has 1 N–H and O–H groups in total. The van der Waals surface area contributed by atoms with E-state index in [-0.39, 0.29) is 5.91 Å². The Morgan fingerprint density at radius 3 is 2.76 bits per heavy atom. The summed E-state index contributed by atoms with van der Waals surface area (Å²) in [6, 6.07) is 12.5. The zero-order valence-corrected chi connectivity index (χ0v) is 13.8. The third kappa shape index (κ3) is 3.74. The van der Waals surface area contributed by atoms with Crippen LogP contribution < -0.4 is 14.8 Å². The number of tetrazole rings is 1. The van der Waals surface area contributed by atoms with Gasteiger partial charge >= 0.3 is 0 Å². The first-order valence-electron chi connectivity index (χ1n) is 7.54. The monoisotopic (exact) mass is 339 g/mol. The van der Waals surface area contributed by atoms with Gasteiger partial charge in [0.2, 0.25) is 0 Å². The third-order valence-corrected chi connectivity index (χ3v) is 3.65. The summed E-state index contributed by atoms with van der Waals surface area (Å²) < 4.78 is 12.0. The van der Waals surface area contributed by atoms with E-state index in [0.29, 0.717) is 29.3 Å². The summed E-state index contributed by atoms with van der Waals surface area (Å²) in [7, 11) is 3.18. The zero-order chi connectivity index (χ0) is 17.6. The number of benzene rings is 2. The molecule has 0 aliphatic carbocycles. The molecule has 1 heterocycles. The molecule has 128 valence electrons. The predicted molar refractivity (Wildman–Crippen MR) is 89.9 cm³/mol. The van der Waals surface area contributed by atoms with Gasteiger partial charge in [-0.15, -0.1) is 5.10 Å². The second-order valence-corrected chi connectivity index (χ2v) is 5.17. The van der Waals surface area contributed by atoms with E-state index < -0.39 is 0 Å². The summed E-state index contributed by atoms with van der Waals surface area (Å²) in [4.78, 5) is 12.4. The Morgan fingerprint density at radius 2 is 2.04 bits per heavy atom. The lowest BCUT2D eigenvalue weighted by molar-refractivity contribution is 0.0950. The summed E-state index contributed by atoms with van der Waals surface area (Å²) in [5.41, 5.74) is 2.04. The van der Waals surface area contributed by atoms with E-state index in [1.807, 2.05) is 12.1 Å². The molecular weight excluding hydrogens is 322 g/mol. The standard InChI is InChI=1S/C17H17N5O3/c1-24-15-6-7-16(25-2)13(9-15)10-18-17(23)12-4-3-5-14(8-12)22-11-19-20-21-22/h3-9,11H,10H2,1-2H3,(H,18,23). The smallest absolute Gasteiger partial charge is 0.251 e. The molecule has 0 aliphatic heterocycles. The molecule has 0 bridgehead atoms. The molecule has 0 saturated carbocycles. The molecule has 0 saturated heterocycles. The van der Waals surface area contributed by atoms with Crippen LogP contribution in [0.15, 0.2) is 48.8 Å². The number of nitrogens with one attached hydrogen (secondary N) is 1. The predicted octanol–water partition coefficient (Wildman–Crippen LogP) is 1.61. The fraction of sp³-hybridized carbons (Fsp3) is 0.176. The van der Waals surface area contributed by atoms with Gasteiger partial charge in [0.05, 0.1) is 19.9 Å². The first kappa shape index (κ1) is 16.4. The van der Waals surface area contributed by atoms with Crippen LogP contribution in [0.4, 0.5) is 0 Å². The molecule has 0 atom stereocenters. The summed E-state index contributed by atoms with van der Waals surface area (Å²) in [6.07, 6.45) is 1.47. The molecule has 0 spiro atoms. The highest BCUT2D eigenvalue weighted by molar-refractivity contribution is 5.94. The first-order chi connectivity index (χ1) is 12.2. The fourth-order valence-corrected chi connectivity index (χ4v) is 2.37. The van der Waals surface area contributed by atoms with Crippen LogP contribution >= 0.6 is 0 Å².